The summed E-state index contributed by atoms with van der Waals surface area (Å²) in [5.74, 6) is 1.60. The molecule has 3 heteroatoms. The van der Waals surface area contributed by atoms with Crippen LogP contribution in [0.5, 0.6) is 0 Å². The van der Waals surface area contributed by atoms with Crippen molar-refractivity contribution in [3.05, 3.63) is 0 Å². The molecule has 0 spiro atoms. The molecule has 0 aromatic rings. The molecule has 20 heavy (non-hydrogen) atoms. The van der Waals surface area contributed by atoms with Crippen molar-refractivity contribution in [1.82, 2.24) is 10.2 Å². The zero-order valence-electron chi connectivity index (χ0n) is 13.3. The smallest absolute Gasteiger partial charge is 0.225 e. The Balaban J connectivity index is 1.45. The van der Waals surface area contributed by atoms with Gasteiger partial charge in [0.25, 0.3) is 0 Å². The van der Waals surface area contributed by atoms with Crippen LogP contribution in [0.4, 0.5) is 0 Å². The maximum Gasteiger partial charge on any atom is 0.225 e. The molecule has 1 N–H and O–H groups in total. The van der Waals surface area contributed by atoms with Gasteiger partial charge in [-0.25, -0.2) is 0 Å². The quantitative estimate of drug-likeness (QED) is 0.861. The number of hydrogen-bond donors (Lipinski definition) is 1. The third-order valence-corrected chi connectivity index (χ3v) is 5.52. The summed E-state index contributed by atoms with van der Waals surface area (Å²) in [6.45, 7) is 9.11. The Bertz CT molecular complexity index is 367. The van der Waals surface area contributed by atoms with Crippen molar-refractivity contribution in [2.24, 2.45) is 17.3 Å². The number of carbonyl (C=O) groups excluding carboxylic acids is 1. The normalized spacial score (nSPS) is 34.5. The number of carbonyl (C=O) groups is 1. The lowest BCUT2D eigenvalue weighted by atomic mass is 9.91. The second kappa shape index (κ2) is 5.32. The number of piperidine rings is 1. The summed E-state index contributed by atoms with van der Waals surface area (Å²) in [4.78, 5) is 14.2. The average Bonchev–Trinajstić information content (AvgIpc) is 3.18. The molecule has 1 aliphatic heterocycles. The molecule has 0 aromatic carbocycles. The molecular formula is C17H30N2O. The molecule has 3 aliphatic rings. The fraction of sp³-hybridized carbons (Fsp3) is 0.941. The van der Waals surface area contributed by atoms with Gasteiger partial charge in [-0.05, 0) is 49.9 Å². The van der Waals surface area contributed by atoms with Crippen LogP contribution in [-0.2, 0) is 4.79 Å². The Morgan fingerprint density at radius 1 is 1.10 bits per heavy atom. The Hall–Kier alpha value is -0.570. The van der Waals surface area contributed by atoms with E-state index in [1.807, 2.05) is 0 Å². The zero-order chi connectivity index (χ0) is 14.3. The first kappa shape index (κ1) is 14.4. The van der Waals surface area contributed by atoms with Crippen molar-refractivity contribution < 1.29 is 4.79 Å². The lowest BCUT2D eigenvalue weighted by Crippen LogP contribution is -2.48. The van der Waals surface area contributed by atoms with Crippen LogP contribution in [-0.4, -0.2) is 36.0 Å². The Morgan fingerprint density at radius 3 is 2.25 bits per heavy atom. The second-order valence-corrected chi connectivity index (χ2v) is 8.20. The number of amides is 1. The van der Waals surface area contributed by atoms with Crippen LogP contribution in [0.15, 0.2) is 0 Å². The molecule has 2 atom stereocenters. The fourth-order valence-electron chi connectivity index (χ4n) is 4.27. The number of rotatable bonds is 3. The minimum atomic E-state index is 0.384. The van der Waals surface area contributed by atoms with Gasteiger partial charge in [-0.1, -0.05) is 20.8 Å². The largest absolute Gasteiger partial charge is 0.342 e. The van der Waals surface area contributed by atoms with E-state index < -0.39 is 0 Å². The molecule has 0 radical (unpaired) electrons. The van der Waals surface area contributed by atoms with E-state index in [-0.39, 0.29) is 0 Å². The van der Waals surface area contributed by atoms with Crippen molar-refractivity contribution in [3.8, 4) is 0 Å². The van der Waals surface area contributed by atoms with E-state index in [2.05, 4.69) is 31.0 Å². The summed E-state index contributed by atoms with van der Waals surface area (Å²) >= 11 is 0. The summed E-state index contributed by atoms with van der Waals surface area (Å²) in [7, 11) is 0. The Morgan fingerprint density at radius 2 is 1.75 bits per heavy atom. The highest BCUT2D eigenvalue weighted by atomic mass is 16.2. The molecule has 2 saturated carbocycles. The van der Waals surface area contributed by atoms with Crippen LogP contribution >= 0.6 is 0 Å². The predicted octanol–water partition coefficient (Wildman–Crippen LogP) is 2.80. The van der Waals surface area contributed by atoms with Crippen molar-refractivity contribution in [2.75, 3.05) is 13.1 Å². The highest BCUT2D eigenvalue weighted by Crippen LogP contribution is 2.41. The Labute approximate surface area is 123 Å². The molecule has 3 fully saturated rings. The van der Waals surface area contributed by atoms with Crippen LogP contribution in [0.3, 0.4) is 0 Å². The monoisotopic (exact) mass is 278 g/mol. The topological polar surface area (TPSA) is 32.3 Å². The molecule has 3 nitrogen and oxygen atoms in total. The van der Waals surface area contributed by atoms with Crippen LogP contribution in [0.2, 0.25) is 0 Å². The van der Waals surface area contributed by atoms with Gasteiger partial charge >= 0.3 is 0 Å². The number of likely N-dealkylation sites (tertiary alicyclic amines) is 1. The third kappa shape index (κ3) is 3.19. The minimum absolute atomic E-state index is 0.384. The van der Waals surface area contributed by atoms with Crippen LogP contribution in [0.1, 0.15) is 59.3 Å². The first-order valence-electron chi connectivity index (χ1n) is 8.49. The lowest BCUT2D eigenvalue weighted by Gasteiger charge is -2.35. The van der Waals surface area contributed by atoms with E-state index in [0.717, 1.165) is 44.7 Å². The van der Waals surface area contributed by atoms with Gasteiger partial charge in [0.05, 0.1) is 0 Å². The molecular weight excluding hydrogens is 248 g/mol. The summed E-state index contributed by atoms with van der Waals surface area (Å²) in [6, 6.07) is 1.31. The summed E-state index contributed by atoms with van der Waals surface area (Å²) in [5, 5.41) is 3.89. The number of nitrogens with one attached hydrogen (secondary N) is 1. The van der Waals surface area contributed by atoms with E-state index in [9.17, 15) is 4.79 Å². The molecule has 1 heterocycles. The highest BCUT2D eigenvalue weighted by Gasteiger charge is 2.39. The molecule has 0 aromatic heterocycles. The predicted molar refractivity (Wildman–Crippen MR) is 81.4 cm³/mol. The highest BCUT2D eigenvalue weighted by molar-refractivity contribution is 5.81. The van der Waals surface area contributed by atoms with Crippen LogP contribution in [0, 0.1) is 17.3 Å². The number of nitrogens with zero attached hydrogens (tertiary/aromatic N) is 1. The van der Waals surface area contributed by atoms with Gasteiger partial charge in [0.1, 0.15) is 0 Å². The third-order valence-electron chi connectivity index (χ3n) is 5.52. The van der Waals surface area contributed by atoms with Crippen molar-refractivity contribution in [3.63, 3.8) is 0 Å². The maximum absolute atomic E-state index is 12.1. The van der Waals surface area contributed by atoms with Gasteiger partial charge in [-0.2, -0.15) is 0 Å². The van der Waals surface area contributed by atoms with Crippen molar-refractivity contribution in [1.29, 1.82) is 0 Å². The van der Waals surface area contributed by atoms with Crippen LogP contribution in [0.25, 0.3) is 0 Å². The van der Waals surface area contributed by atoms with Crippen molar-refractivity contribution >= 4 is 5.91 Å². The second-order valence-electron chi connectivity index (χ2n) is 8.20. The van der Waals surface area contributed by atoms with Crippen molar-refractivity contribution in [2.45, 2.75) is 71.4 Å². The summed E-state index contributed by atoms with van der Waals surface area (Å²) < 4.78 is 0. The van der Waals surface area contributed by atoms with Crippen LogP contribution < -0.4 is 5.32 Å². The van der Waals surface area contributed by atoms with E-state index in [0.29, 0.717) is 29.3 Å². The van der Waals surface area contributed by atoms with E-state index in [4.69, 9.17) is 0 Å². The lowest BCUT2D eigenvalue weighted by molar-refractivity contribution is -0.133. The van der Waals surface area contributed by atoms with E-state index in [1.165, 1.54) is 12.8 Å². The fourth-order valence-corrected chi connectivity index (χ4v) is 4.27. The summed E-state index contributed by atoms with van der Waals surface area (Å²) in [5.41, 5.74) is 0.500. The SMILES string of the molecule is CC1CC(C)(C)CC1NC1CCN(C(=O)C2CC2)CC1. The van der Waals surface area contributed by atoms with E-state index >= 15 is 0 Å². The molecule has 3 rings (SSSR count). The van der Waals surface area contributed by atoms with Gasteiger partial charge in [-0.15, -0.1) is 0 Å². The molecule has 1 saturated heterocycles. The van der Waals surface area contributed by atoms with Gasteiger partial charge in [0, 0.05) is 31.1 Å². The molecule has 2 unspecified atom stereocenters. The molecule has 114 valence electrons. The van der Waals surface area contributed by atoms with Gasteiger partial charge in [0.15, 0.2) is 0 Å². The number of hydrogen-bond acceptors (Lipinski definition) is 2. The zero-order valence-corrected chi connectivity index (χ0v) is 13.3. The molecule has 2 aliphatic carbocycles. The summed E-state index contributed by atoms with van der Waals surface area (Å²) in [6.07, 6.45) is 7.18. The first-order valence-corrected chi connectivity index (χ1v) is 8.49. The minimum Gasteiger partial charge on any atom is -0.342 e. The molecule has 1 amide bonds. The Kier molecular flexibility index (Phi) is 3.83. The van der Waals surface area contributed by atoms with Gasteiger partial charge in [-0.3, -0.25) is 4.79 Å². The van der Waals surface area contributed by atoms with Gasteiger partial charge in [0.2, 0.25) is 5.91 Å². The molecule has 0 bridgehead atoms. The van der Waals surface area contributed by atoms with Gasteiger partial charge < -0.3 is 10.2 Å². The standard InChI is InChI=1S/C17H30N2O/c1-12-10-17(2,3)11-15(12)18-14-6-8-19(9-7-14)16(20)13-4-5-13/h12-15,18H,4-11H2,1-3H3. The van der Waals surface area contributed by atoms with E-state index in [1.54, 1.807) is 0 Å². The average molecular weight is 278 g/mol. The first-order chi connectivity index (χ1) is 9.44. The maximum atomic E-state index is 12.1.